The summed E-state index contributed by atoms with van der Waals surface area (Å²) in [6.07, 6.45) is 1.64. The molecule has 0 bridgehead atoms. The van der Waals surface area contributed by atoms with E-state index < -0.39 is 5.82 Å². The number of amides is 1. The lowest BCUT2D eigenvalue weighted by Crippen LogP contribution is -2.23. The van der Waals surface area contributed by atoms with Gasteiger partial charge in [0.25, 0.3) is 5.91 Å². The molecule has 0 saturated heterocycles. The lowest BCUT2D eigenvalue weighted by atomic mass is 10.1. The van der Waals surface area contributed by atoms with Crippen molar-refractivity contribution in [2.75, 3.05) is 0 Å². The van der Waals surface area contributed by atoms with Crippen molar-refractivity contribution >= 4 is 5.91 Å². The molecule has 126 valence electrons. The van der Waals surface area contributed by atoms with E-state index in [2.05, 4.69) is 10.3 Å². The first-order valence-electron chi connectivity index (χ1n) is 7.79. The highest BCUT2D eigenvalue weighted by molar-refractivity contribution is 5.94. The summed E-state index contributed by atoms with van der Waals surface area (Å²) >= 11 is 0. The van der Waals surface area contributed by atoms with Crippen LogP contribution in [0.4, 0.5) is 8.78 Å². The molecular formula is C20H16F2N2O. The topological polar surface area (TPSA) is 42.0 Å². The summed E-state index contributed by atoms with van der Waals surface area (Å²) in [6.45, 7) is 1.87. The minimum Gasteiger partial charge on any atom is -0.348 e. The number of hydrogen-bond acceptors (Lipinski definition) is 2. The molecule has 3 aromatic rings. The Morgan fingerprint density at radius 3 is 2.56 bits per heavy atom. The van der Waals surface area contributed by atoms with Crippen molar-refractivity contribution < 1.29 is 13.6 Å². The van der Waals surface area contributed by atoms with E-state index in [0.717, 1.165) is 11.1 Å². The predicted octanol–water partition coefficient (Wildman–Crippen LogP) is 4.27. The zero-order chi connectivity index (χ0) is 17.8. The monoisotopic (exact) mass is 338 g/mol. The summed E-state index contributed by atoms with van der Waals surface area (Å²) in [6, 6.07) is 14.0. The second-order valence-corrected chi connectivity index (χ2v) is 5.66. The van der Waals surface area contributed by atoms with E-state index >= 15 is 0 Å². The summed E-state index contributed by atoms with van der Waals surface area (Å²) in [4.78, 5) is 16.5. The minimum absolute atomic E-state index is 0.231. The van der Waals surface area contributed by atoms with Crippen molar-refractivity contribution in [1.29, 1.82) is 0 Å². The molecule has 0 aliphatic rings. The molecular weight excluding hydrogens is 322 g/mol. The van der Waals surface area contributed by atoms with Gasteiger partial charge >= 0.3 is 0 Å². The molecule has 0 atom stereocenters. The fourth-order valence-corrected chi connectivity index (χ4v) is 2.46. The fraction of sp³-hybridized carbons (Fsp3) is 0.100. The number of nitrogens with zero attached hydrogens (tertiary/aromatic N) is 1. The Kier molecular flexibility index (Phi) is 4.84. The first-order valence-corrected chi connectivity index (χ1v) is 7.79. The molecule has 0 unspecified atom stereocenters. The van der Waals surface area contributed by atoms with Gasteiger partial charge in [-0.3, -0.25) is 9.78 Å². The molecule has 3 nitrogen and oxygen atoms in total. The summed E-state index contributed by atoms with van der Waals surface area (Å²) in [7, 11) is 0. The van der Waals surface area contributed by atoms with Crippen molar-refractivity contribution in [3.8, 4) is 11.3 Å². The average Bonchev–Trinajstić information content (AvgIpc) is 2.63. The number of halogens is 2. The standard InChI is InChI=1S/C20H16F2N2O/c1-13-4-5-15(11-18(13)22)20(25)24-12-16-3-2-10-23-19(16)14-6-8-17(21)9-7-14/h2-11H,12H2,1H3,(H,24,25). The highest BCUT2D eigenvalue weighted by Gasteiger charge is 2.11. The van der Waals surface area contributed by atoms with Crippen LogP contribution in [0.15, 0.2) is 60.8 Å². The molecule has 3 rings (SSSR count). The Labute approximate surface area is 144 Å². The molecule has 0 spiro atoms. The second-order valence-electron chi connectivity index (χ2n) is 5.66. The predicted molar refractivity (Wildman–Crippen MR) is 91.9 cm³/mol. The van der Waals surface area contributed by atoms with Crippen molar-refractivity contribution in [2.45, 2.75) is 13.5 Å². The Bertz CT molecular complexity index is 908. The molecule has 0 aliphatic heterocycles. The van der Waals surface area contributed by atoms with Gasteiger partial charge in [-0.05, 0) is 60.5 Å². The third-order valence-corrected chi connectivity index (χ3v) is 3.88. The molecule has 1 heterocycles. The molecule has 0 fully saturated rings. The largest absolute Gasteiger partial charge is 0.348 e. The van der Waals surface area contributed by atoms with Crippen molar-refractivity contribution in [1.82, 2.24) is 10.3 Å². The van der Waals surface area contributed by atoms with Crippen LogP contribution in [0.3, 0.4) is 0 Å². The third-order valence-electron chi connectivity index (χ3n) is 3.88. The Morgan fingerprint density at radius 1 is 1.08 bits per heavy atom. The van der Waals surface area contributed by atoms with Crippen molar-refractivity contribution in [2.24, 2.45) is 0 Å². The maximum absolute atomic E-state index is 13.6. The molecule has 1 N–H and O–H groups in total. The summed E-state index contributed by atoms with van der Waals surface area (Å²) in [5.74, 6) is -1.11. The van der Waals surface area contributed by atoms with E-state index in [0.29, 0.717) is 11.3 Å². The fourth-order valence-electron chi connectivity index (χ4n) is 2.46. The van der Waals surface area contributed by atoms with Crippen LogP contribution in [-0.4, -0.2) is 10.9 Å². The van der Waals surface area contributed by atoms with Crippen LogP contribution in [0.1, 0.15) is 21.5 Å². The number of pyridine rings is 1. The zero-order valence-corrected chi connectivity index (χ0v) is 13.6. The van der Waals surface area contributed by atoms with Gasteiger partial charge in [0.2, 0.25) is 0 Å². The van der Waals surface area contributed by atoms with Crippen LogP contribution in [0, 0.1) is 18.6 Å². The first kappa shape index (κ1) is 16.8. The zero-order valence-electron chi connectivity index (χ0n) is 13.6. The number of nitrogens with one attached hydrogen (secondary N) is 1. The smallest absolute Gasteiger partial charge is 0.251 e. The van der Waals surface area contributed by atoms with E-state index in [1.807, 2.05) is 6.07 Å². The molecule has 0 radical (unpaired) electrons. The quantitative estimate of drug-likeness (QED) is 0.772. The van der Waals surface area contributed by atoms with Crippen LogP contribution in [-0.2, 0) is 6.54 Å². The maximum Gasteiger partial charge on any atom is 0.251 e. The van der Waals surface area contributed by atoms with E-state index in [9.17, 15) is 13.6 Å². The maximum atomic E-state index is 13.6. The summed E-state index contributed by atoms with van der Waals surface area (Å²) in [5, 5.41) is 2.76. The van der Waals surface area contributed by atoms with Crippen LogP contribution in [0.5, 0.6) is 0 Å². The third kappa shape index (κ3) is 3.88. The molecule has 1 aromatic heterocycles. The normalized spacial score (nSPS) is 10.5. The van der Waals surface area contributed by atoms with E-state index in [4.69, 9.17) is 0 Å². The first-order chi connectivity index (χ1) is 12.0. The number of hydrogen-bond donors (Lipinski definition) is 1. The number of rotatable bonds is 4. The van der Waals surface area contributed by atoms with Gasteiger partial charge in [-0.1, -0.05) is 12.1 Å². The highest BCUT2D eigenvalue weighted by Crippen LogP contribution is 2.21. The second kappa shape index (κ2) is 7.21. The van der Waals surface area contributed by atoms with Gasteiger partial charge < -0.3 is 5.32 Å². The van der Waals surface area contributed by atoms with Crippen LogP contribution >= 0.6 is 0 Å². The van der Waals surface area contributed by atoms with Gasteiger partial charge in [-0.15, -0.1) is 0 Å². The lowest BCUT2D eigenvalue weighted by Gasteiger charge is -2.10. The van der Waals surface area contributed by atoms with E-state index in [1.165, 1.54) is 18.2 Å². The molecule has 1 amide bonds. The summed E-state index contributed by atoms with van der Waals surface area (Å²) in [5.41, 5.74) is 2.96. The lowest BCUT2D eigenvalue weighted by molar-refractivity contribution is 0.0950. The van der Waals surface area contributed by atoms with E-state index in [1.54, 1.807) is 43.5 Å². The van der Waals surface area contributed by atoms with Gasteiger partial charge in [0, 0.05) is 23.9 Å². The number of carbonyl (C=O) groups is 1. The number of benzene rings is 2. The Balaban J connectivity index is 1.78. The van der Waals surface area contributed by atoms with Gasteiger partial charge in [0.05, 0.1) is 5.69 Å². The number of carbonyl (C=O) groups excluding carboxylic acids is 1. The minimum atomic E-state index is -0.416. The van der Waals surface area contributed by atoms with Gasteiger partial charge in [0.15, 0.2) is 0 Å². The Hall–Kier alpha value is -3.08. The average molecular weight is 338 g/mol. The van der Waals surface area contributed by atoms with Crippen LogP contribution < -0.4 is 5.32 Å². The van der Waals surface area contributed by atoms with Gasteiger partial charge in [-0.25, -0.2) is 8.78 Å². The molecule has 2 aromatic carbocycles. The van der Waals surface area contributed by atoms with Crippen LogP contribution in [0.2, 0.25) is 0 Å². The van der Waals surface area contributed by atoms with Gasteiger partial charge in [-0.2, -0.15) is 0 Å². The van der Waals surface area contributed by atoms with Crippen molar-refractivity contribution in [3.05, 3.63) is 89.1 Å². The van der Waals surface area contributed by atoms with E-state index in [-0.39, 0.29) is 23.8 Å². The highest BCUT2D eigenvalue weighted by atomic mass is 19.1. The SMILES string of the molecule is Cc1ccc(C(=O)NCc2cccnc2-c2ccc(F)cc2)cc1F. The molecule has 0 aliphatic carbocycles. The molecule has 0 saturated carbocycles. The van der Waals surface area contributed by atoms with Crippen LogP contribution in [0.25, 0.3) is 11.3 Å². The molecule has 25 heavy (non-hydrogen) atoms. The molecule has 5 heteroatoms. The Morgan fingerprint density at radius 2 is 1.84 bits per heavy atom. The number of aromatic nitrogens is 1. The summed E-state index contributed by atoms with van der Waals surface area (Å²) < 4.78 is 26.7. The number of aryl methyl sites for hydroxylation is 1. The van der Waals surface area contributed by atoms with Crippen molar-refractivity contribution in [3.63, 3.8) is 0 Å². The van der Waals surface area contributed by atoms with Gasteiger partial charge in [0.1, 0.15) is 11.6 Å².